The van der Waals surface area contributed by atoms with Gasteiger partial charge in [0.2, 0.25) is 0 Å². The first-order chi connectivity index (χ1) is 12.8. The first-order valence-corrected chi connectivity index (χ1v) is 8.84. The third-order valence-corrected chi connectivity index (χ3v) is 4.79. The molecule has 0 aliphatic heterocycles. The van der Waals surface area contributed by atoms with Crippen LogP contribution in [0.5, 0.6) is 5.75 Å². The molecule has 1 heterocycles. The van der Waals surface area contributed by atoms with Crippen molar-refractivity contribution in [3.63, 3.8) is 0 Å². The van der Waals surface area contributed by atoms with Crippen LogP contribution in [-0.2, 0) is 6.42 Å². The summed E-state index contributed by atoms with van der Waals surface area (Å²) in [6.45, 7) is 2.15. The topological polar surface area (TPSA) is 22.1 Å². The van der Waals surface area contributed by atoms with Gasteiger partial charge in [-0.3, -0.25) is 0 Å². The maximum Gasteiger partial charge on any atom is 0.118 e. The highest BCUT2D eigenvalue weighted by molar-refractivity contribution is 6.09. The smallest absolute Gasteiger partial charge is 0.118 e. The number of hydrogen-bond donors (Lipinski definition) is 0. The minimum atomic E-state index is 0.874. The highest BCUT2D eigenvalue weighted by Crippen LogP contribution is 2.30. The van der Waals surface area contributed by atoms with Crippen molar-refractivity contribution in [2.45, 2.75) is 13.3 Å². The Kier molecular flexibility index (Phi) is 4.40. The van der Waals surface area contributed by atoms with E-state index in [1.54, 1.807) is 7.11 Å². The van der Waals surface area contributed by atoms with Gasteiger partial charge in [-0.2, -0.15) is 0 Å². The summed E-state index contributed by atoms with van der Waals surface area (Å²) in [6.07, 6.45) is 3.13. The minimum absolute atomic E-state index is 0.874. The van der Waals surface area contributed by atoms with Crippen LogP contribution in [0.1, 0.15) is 18.2 Å². The molecule has 3 aromatic carbocycles. The number of benzene rings is 3. The number of hydrogen-bond acceptors (Lipinski definition) is 2. The number of para-hydroxylation sites is 1. The fraction of sp³-hybridized carbons (Fsp3) is 0.125. The zero-order chi connectivity index (χ0) is 17.9. The Labute approximate surface area is 153 Å². The lowest BCUT2D eigenvalue weighted by molar-refractivity contribution is 0.414. The summed E-state index contributed by atoms with van der Waals surface area (Å²) in [6, 6.07) is 25.1. The molecular formula is C24H21NO. The lowest BCUT2D eigenvalue weighted by Crippen LogP contribution is -1.92. The number of rotatable bonds is 4. The van der Waals surface area contributed by atoms with Gasteiger partial charge in [0.05, 0.1) is 18.3 Å². The monoisotopic (exact) mass is 339 g/mol. The molecule has 0 radical (unpaired) electrons. The van der Waals surface area contributed by atoms with Crippen LogP contribution in [0.15, 0.2) is 78.9 Å². The SMILES string of the molecule is COc1ccc(CC=C(C)c2nc3ccccc3c3ccccc23)cc1. The lowest BCUT2D eigenvalue weighted by Gasteiger charge is -2.10. The quantitative estimate of drug-likeness (QED) is 0.423. The van der Waals surface area contributed by atoms with Gasteiger partial charge in [0.25, 0.3) is 0 Å². The van der Waals surface area contributed by atoms with Gasteiger partial charge >= 0.3 is 0 Å². The van der Waals surface area contributed by atoms with Crippen molar-refractivity contribution < 1.29 is 4.74 Å². The molecule has 128 valence electrons. The summed E-state index contributed by atoms with van der Waals surface area (Å²) in [5.74, 6) is 0.886. The standard InChI is InChI=1S/C24H21NO/c1-17(11-12-18-13-15-19(26-2)16-14-18)24-22-9-4-3-7-20(22)21-8-5-6-10-23(21)25-24/h3-11,13-16H,12H2,1-2H3. The van der Waals surface area contributed by atoms with Crippen LogP contribution in [-0.4, -0.2) is 12.1 Å². The van der Waals surface area contributed by atoms with E-state index in [1.807, 2.05) is 18.2 Å². The van der Waals surface area contributed by atoms with Crippen molar-refractivity contribution in [1.29, 1.82) is 0 Å². The molecule has 4 aromatic rings. The molecule has 0 amide bonds. The van der Waals surface area contributed by atoms with Crippen LogP contribution in [0.3, 0.4) is 0 Å². The van der Waals surface area contributed by atoms with Gasteiger partial charge < -0.3 is 4.74 Å². The number of methoxy groups -OCH3 is 1. The normalized spacial score (nSPS) is 11.8. The average Bonchev–Trinajstić information content (AvgIpc) is 2.71. The molecule has 2 heteroatoms. The summed E-state index contributed by atoms with van der Waals surface area (Å²) in [4.78, 5) is 4.95. The molecule has 2 nitrogen and oxygen atoms in total. The molecule has 0 fully saturated rings. The number of ether oxygens (including phenoxy) is 1. The second-order valence-electron chi connectivity index (χ2n) is 6.46. The van der Waals surface area contributed by atoms with Crippen molar-refractivity contribution in [2.75, 3.05) is 7.11 Å². The number of pyridine rings is 1. The van der Waals surface area contributed by atoms with Crippen molar-refractivity contribution in [3.8, 4) is 5.75 Å². The Balaban J connectivity index is 1.76. The molecule has 0 saturated carbocycles. The second kappa shape index (κ2) is 7.01. The molecule has 0 aliphatic carbocycles. The minimum Gasteiger partial charge on any atom is -0.497 e. The van der Waals surface area contributed by atoms with Gasteiger partial charge in [0, 0.05) is 10.8 Å². The maximum atomic E-state index is 5.23. The Bertz CT molecular complexity index is 1090. The van der Waals surface area contributed by atoms with Gasteiger partial charge in [-0.1, -0.05) is 60.7 Å². The molecule has 0 atom stereocenters. The highest BCUT2D eigenvalue weighted by atomic mass is 16.5. The summed E-state index contributed by atoms with van der Waals surface area (Å²) in [7, 11) is 1.69. The largest absolute Gasteiger partial charge is 0.497 e. The average molecular weight is 339 g/mol. The Morgan fingerprint density at radius 1 is 0.846 bits per heavy atom. The summed E-state index contributed by atoms with van der Waals surface area (Å²) in [5, 5.41) is 3.66. The molecule has 0 aliphatic rings. The maximum absolute atomic E-state index is 5.23. The fourth-order valence-electron chi connectivity index (χ4n) is 3.33. The summed E-state index contributed by atoms with van der Waals surface area (Å²) >= 11 is 0. The van der Waals surface area contributed by atoms with E-state index in [9.17, 15) is 0 Å². The van der Waals surface area contributed by atoms with Crippen LogP contribution in [0, 0.1) is 0 Å². The molecule has 1 aromatic heterocycles. The number of fused-ring (bicyclic) bond motifs is 3. The number of allylic oxidation sites excluding steroid dienone is 2. The van der Waals surface area contributed by atoms with E-state index < -0.39 is 0 Å². The van der Waals surface area contributed by atoms with Crippen molar-refractivity contribution in [1.82, 2.24) is 4.98 Å². The van der Waals surface area contributed by atoms with E-state index >= 15 is 0 Å². The van der Waals surface area contributed by atoms with E-state index in [1.165, 1.54) is 27.3 Å². The molecule has 0 unspecified atom stereocenters. The predicted molar refractivity (Wildman–Crippen MR) is 110 cm³/mol. The lowest BCUT2D eigenvalue weighted by atomic mass is 9.99. The van der Waals surface area contributed by atoms with Crippen LogP contribution in [0.4, 0.5) is 0 Å². The van der Waals surface area contributed by atoms with Gasteiger partial charge in [0.15, 0.2) is 0 Å². The van der Waals surface area contributed by atoms with Crippen molar-refractivity contribution >= 4 is 27.2 Å². The molecule has 0 spiro atoms. The molecule has 26 heavy (non-hydrogen) atoms. The van der Waals surface area contributed by atoms with Crippen LogP contribution in [0.25, 0.3) is 27.2 Å². The molecular weight excluding hydrogens is 318 g/mol. The van der Waals surface area contributed by atoms with Crippen LogP contribution < -0.4 is 4.74 Å². The summed E-state index contributed by atoms with van der Waals surface area (Å²) < 4.78 is 5.23. The Morgan fingerprint density at radius 3 is 2.23 bits per heavy atom. The zero-order valence-corrected chi connectivity index (χ0v) is 15.1. The molecule has 0 bridgehead atoms. The molecule has 0 saturated heterocycles. The van der Waals surface area contributed by atoms with E-state index in [-0.39, 0.29) is 0 Å². The van der Waals surface area contributed by atoms with Crippen molar-refractivity contribution in [2.24, 2.45) is 0 Å². The van der Waals surface area contributed by atoms with E-state index in [2.05, 4.69) is 67.6 Å². The number of aromatic nitrogens is 1. The van der Waals surface area contributed by atoms with Crippen LogP contribution in [0.2, 0.25) is 0 Å². The molecule has 0 N–H and O–H groups in total. The Morgan fingerprint density at radius 2 is 1.50 bits per heavy atom. The Hall–Kier alpha value is -3.13. The predicted octanol–water partition coefficient (Wildman–Crippen LogP) is 6.04. The van der Waals surface area contributed by atoms with Gasteiger partial charge in [-0.05, 0) is 48.1 Å². The van der Waals surface area contributed by atoms with Gasteiger partial charge in [-0.15, -0.1) is 0 Å². The molecule has 4 rings (SSSR count). The van der Waals surface area contributed by atoms with E-state index in [0.29, 0.717) is 0 Å². The second-order valence-corrected chi connectivity index (χ2v) is 6.46. The third kappa shape index (κ3) is 3.06. The van der Waals surface area contributed by atoms with Gasteiger partial charge in [-0.25, -0.2) is 4.98 Å². The third-order valence-electron chi connectivity index (χ3n) is 4.79. The summed E-state index contributed by atoms with van der Waals surface area (Å²) in [5.41, 5.74) is 4.56. The van der Waals surface area contributed by atoms with Crippen molar-refractivity contribution in [3.05, 3.63) is 90.1 Å². The zero-order valence-electron chi connectivity index (χ0n) is 15.1. The highest BCUT2D eigenvalue weighted by Gasteiger charge is 2.09. The first-order valence-electron chi connectivity index (χ1n) is 8.84. The van der Waals surface area contributed by atoms with E-state index in [0.717, 1.165) is 23.4 Å². The van der Waals surface area contributed by atoms with Crippen LogP contribution >= 0.6 is 0 Å². The van der Waals surface area contributed by atoms with Gasteiger partial charge in [0.1, 0.15) is 5.75 Å². The fourth-order valence-corrected chi connectivity index (χ4v) is 3.33. The first kappa shape index (κ1) is 16.3. The van der Waals surface area contributed by atoms with E-state index in [4.69, 9.17) is 9.72 Å². The number of nitrogens with zero attached hydrogens (tertiary/aromatic N) is 1.